The Balaban J connectivity index is 4.85. The van der Waals surface area contributed by atoms with Crippen molar-refractivity contribution in [1.82, 2.24) is 9.80 Å². The van der Waals surface area contributed by atoms with Gasteiger partial charge in [-0.1, -0.05) is 0 Å². The molecule has 0 saturated heterocycles. The normalized spacial score (nSPS) is 10.7. The Labute approximate surface area is 106 Å². The van der Waals surface area contributed by atoms with E-state index in [4.69, 9.17) is 5.11 Å². The maximum absolute atomic E-state index is 12.1. The van der Waals surface area contributed by atoms with Crippen molar-refractivity contribution in [3.05, 3.63) is 0 Å². The van der Waals surface area contributed by atoms with Crippen LogP contribution in [0.15, 0.2) is 0 Å². The number of carbonyl (C=O) groups excluding carboxylic acids is 2. The molecule has 0 aliphatic rings. The van der Waals surface area contributed by atoms with Gasteiger partial charge in [0.2, 0.25) is 0 Å². The van der Waals surface area contributed by atoms with E-state index in [9.17, 15) is 14.4 Å². The molecule has 0 radical (unpaired) electrons. The summed E-state index contributed by atoms with van der Waals surface area (Å²) in [5, 5.41) is 8.80. The first-order valence-electron chi connectivity index (χ1n) is 5.41. The monoisotopic (exact) mass is 260 g/mol. The molecule has 0 aromatic rings. The van der Waals surface area contributed by atoms with E-state index in [-0.39, 0.29) is 6.54 Å². The summed E-state index contributed by atoms with van der Waals surface area (Å²) < 4.78 is 4.45. The standard InChI is InChI=1S/C11H20N2O5/c1-11(2,3)13(6-8(14)15)10(17)12(4)7-9(16)18-5/h6-7H2,1-5H3,(H,14,15). The minimum absolute atomic E-state index is 0.221. The van der Waals surface area contributed by atoms with Crippen molar-refractivity contribution in [2.45, 2.75) is 26.3 Å². The number of methoxy groups -OCH3 is 1. The SMILES string of the molecule is COC(=O)CN(C)C(=O)N(CC(=O)O)C(C)(C)C. The van der Waals surface area contributed by atoms with E-state index in [2.05, 4.69) is 4.74 Å². The molecule has 0 unspecified atom stereocenters. The highest BCUT2D eigenvalue weighted by atomic mass is 16.5. The molecule has 0 fully saturated rings. The zero-order valence-electron chi connectivity index (χ0n) is 11.4. The predicted molar refractivity (Wildman–Crippen MR) is 64.1 cm³/mol. The number of aliphatic carboxylic acids is 1. The summed E-state index contributed by atoms with van der Waals surface area (Å²) in [7, 11) is 2.64. The van der Waals surface area contributed by atoms with Crippen molar-refractivity contribution >= 4 is 18.0 Å². The second-order valence-electron chi connectivity index (χ2n) is 4.87. The first-order valence-corrected chi connectivity index (χ1v) is 5.41. The fraction of sp³-hybridized carbons (Fsp3) is 0.727. The number of urea groups is 1. The van der Waals surface area contributed by atoms with Crippen molar-refractivity contribution in [1.29, 1.82) is 0 Å². The third kappa shape index (κ3) is 5.03. The van der Waals surface area contributed by atoms with Gasteiger partial charge in [0.05, 0.1) is 7.11 Å². The van der Waals surface area contributed by atoms with Gasteiger partial charge in [-0.2, -0.15) is 0 Å². The van der Waals surface area contributed by atoms with E-state index in [0.717, 1.165) is 4.90 Å². The lowest BCUT2D eigenvalue weighted by Crippen LogP contribution is -2.53. The Kier molecular flexibility index (Phi) is 5.61. The minimum atomic E-state index is -1.11. The van der Waals surface area contributed by atoms with Crippen LogP contribution in [0.2, 0.25) is 0 Å². The molecule has 0 aromatic carbocycles. The zero-order valence-corrected chi connectivity index (χ0v) is 11.4. The zero-order chi connectivity index (χ0) is 14.5. The number of carboxylic acid groups (broad SMARTS) is 1. The van der Waals surface area contributed by atoms with Gasteiger partial charge >= 0.3 is 18.0 Å². The molecule has 1 N–H and O–H groups in total. The summed E-state index contributed by atoms with van der Waals surface area (Å²) >= 11 is 0. The van der Waals surface area contributed by atoms with Crippen molar-refractivity contribution in [3.63, 3.8) is 0 Å². The number of hydrogen-bond donors (Lipinski definition) is 1. The van der Waals surface area contributed by atoms with Gasteiger partial charge in [0.15, 0.2) is 0 Å². The van der Waals surface area contributed by atoms with Crippen molar-refractivity contribution in [2.24, 2.45) is 0 Å². The Morgan fingerprint density at radius 2 is 1.67 bits per heavy atom. The quantitative estimate of drug-likeness (QED) is 0.739. The first kappa shape index (κ1) is 16.2. The molecule has 0 aliphatic heterocycles. The van der Waals surface area contributed by atoms with E-state index >= 15 is 0 Å². The topological polar surface area (TPSA) is 87.2 Å². The Morgan fingerprint density at radius 3 is 2.00 bits per heavy atom. The number of carbonyl (C=O) groups is 3. The van der Waals surface area contributed by atoms with Crippen molar-refractivity contribution in [3.8, 4) is 0 Å². The molecule has 0 aliphatic carbocycles. The summed E-state index contributed by atoms with van der Waals surface area (Å²) in [4.78, 5) is 36.2. The first-order chi connectivity index (χ1) is 8.09. The summed E-state index contributed by atoms with van der Waals surface area (Å²) in [6, 6.07) is -0.532. The van der Waals surface area contributed by atoms with Crippen molar-refractivity contribution < 1.29 is 24.2 Å². The van der Waals surface area contributed by atoms with Crippen LogP contribution < -0.4 is 0 Å². The van der Waals surface area contributed by atoms with Gasteiger partial charge in [-0.05, 0) is 20.8 Å². The van der Waals surface area contributed by atoms with Gasteiger partial charge in [0.25, 0.3) is 0 Å². The smallest absolute Gasteiger partial charge is 0.325 e. The van der Waals surface area contributed by atoms with Crippen LogP contribution in [0, 0.1) is 0 Å². The number of esters is 1. The highest BCUT2D eigenvalue weighted by Crippen LogP contribution is 2.15. The molecule has 18 heavy (non-hydrogen) atoms. The van der Waals surface area contributed by atoms with Crippen LogP contribution in [0.4, 0.5) is 4.79 Å². The fourth-order valence-electron chi connectivity index (χ4n) is 1.26. The maximum atomic E-state index is 12.1. The van der Waals surface area contributed by atoms with Crippen LogP contribution in [0.5, 0.6) is 0 Å². The van der Waals surface area contributed by atoms with Gasteiger partial charge in [0.1, 0.15) is 13.1 Å². The van der Waals surface area contributed by atoms with Crippen molar-refractivity contribution in [2.75, 3.05) is 27.2 Å². The molecule has 0 heterocycles. The molecule has 2 amide bonds. The van der Waals surface area contributed by atoms with Crippen LogP contribution in [-0.4, -0.2) is 65.7 Å². The third-order valence-electron chi connectivity index (χ3n) is 2.25. The second-order valence-corrected chi connectivity index (χ2v) is 4.87. The number of likely N-dealkylation sites (N-methyl/N-ethyl adjacent to an activating group) is 1. The maximum Gasteiger partial charge on any atom is 0.325 e. The predicted octanol–water partition coefficient (Wildman–Crippen LogP) is 0.396. The third-order valence-corrected chi connectivity index (χ3v) is 2.25. The Morgan fingerprint density at radius 1 is 1.17 bits per heavy atom. The number of nitrogens with zero attached hydrogens (tertiary/aromatic N) is 2. The number of amides is 2. The molecule has 7 nitrogen and oxygen atoms in total. The highest BCUT2D eigenvalue weighted by molar-refractivity contribution is 5.84. The van der Waals surface area contributed by atoms with E-state index < -0.39 is 30.1 Å². The highest BCUT2D eigenvalue weighted by Gasteiger charge is 2.31. The van der Waals surface area contributed by atoms with E-state index in [1.54, 1.807) is 20.8 Å². The van der Waals surface area contributed by atoms with E-state index in [1.165, 1.54) is 19.1 Å². The van der Waals surface area contributed by atoms with Crippen LogP contribution in [0.3, 0.4) is 0 Å². The van der Waals surface area contributed by atoms with E-state index in [1.807, 2.05) is 0 Å². The molecule has 0 spiro atoms. The van der Waals surface area contributed by atoms with Gasteiger partial charge in [0, 0.05) is 12.6 Å². The largest absolute Gasteiger partial charge is 0.480 e. The van der Waals surface area contributed by atoms with Crippen LogP contribution >= 0.6 is 0 Å². The molecular weight excluding hydrogens is 240 g/mol. The second kappa shape index (κ2) is 6.23. The van der Waals surface area contributed by atoms with Crippen LogP contribution in [0.25, 0.3) is 0 Å². The summed E-state index contributed by atoms with van der Waals surface area (Å²) in [6.45, 7) is 4.52. The molecule has 0 aromatic heterocycles. The van der Waals surface area contributed by atoms with Gasteiger partial charge < -0.3 is 19.6 Å². The number of ether oxygens (including phenoxy) is 1. The number of rotatable bonds is 4. The summed E-state index contributed by atoms with van der Waals surface area (Å²) in [6.07, 6.45) is 0. The average molecular weight is 260 g/mol. The molecule has 0 bridgehead atoms. The lowest BCUT2D eigenvalue weighted by Gasteiger charge is -2.36. The Bertz CT molecular complexity index is 335. The molecule has 0 rings (SSSR count). The van der Waals surface area contributed by atoms with E-state index in [0.29, 0.717) is 0 Å². The Hall–Kier alpha value is -1.79. The lowest BCUT2D eigenvalue weighted by molar-refractivity contribution is -0.141. The molecule has 7 heteroatoms. The van der Waals surface area contributed by atoms with Gasteiger partial charge in [-0.25, -0.2) is 4.79 Å². The van der Waals surface area contributed by atoms with Crippen LogP contribution in [0.1, 0.15) is 20.8 Å². The number of hydrogen-bond acceptors (Lipinski definition) is 4. The fourth-order valence-corrected chi connectivity index (χ4v) is 1.26. The summed E-state index contributed by atoms with van der Waals surface area (Å²) in [5.74, 6) is -1.67. The van der Waals surface area contributed by atoms with Gasteiger partial charge in [-0.3, -0.25) is 9.59 Å². The minimum Gasteiger partial charge on any atom is -0.480 e. The average Bonchev–Trinajstić information content (AvgIpc) is 2.22. The molecule has 104 valence electrons. The summed E-state index contributed by atoms with van der Waals surface area (Å²) in [5.41, 5.74) is -0.653. The van der Waals surface area contributed by atoms with Gasteiger partial charge in [-0.15, -0.1) is 0 Å². The molecule has 0 saturated carbocycles. The molecular formula is C11H20N2O5. The van der Waals surface area contributed by atoms with Crippen LogP contribution in [-0.2, 0) is 14.3 Å². The molecule has 0 atom stereocenters. The lowest BCUT2D eigenvalue weighted by atomic mass is 10.1. The number of carboxylic acids is 1.